The van der Waals surface area contributed by atoms with E-state index in [4.69, 9.17) is 0 Å². The fourth-order valence-electron chi connectivity index (χ4n) is 2.06. The Labute approximate surface area is 112 Å². The minimum Gasteiger partial charge on any atom is -0.321 e. The zero-order valence-corrected chi connectivity index (χ0v) is 10.6. The summed E-state index contributed by atoms with van der Waals surface area (Å²) in [5.41, 5.74) is 2.31. The second-order valence-electron chi connectivity index (χ2n) is 4.29. The molecule has 0 N–H and O–H groups in total. The van der Waals surface area contributed by atoms with Crippen molar-refractivity contribution in [2.24, 2.45) is 0 Å². The minimum atomic E-state index is 0.695. The second kappa shape index (κ2) is 5.40. The predicted octanol–water partition coefficient (Wildman–Crippen LogP) is 3.68. The van der Waals surface area contributed by atoms with Gasteiger partial charge in [0, 0.05) is 23.8 Å². The Morgan fingerprint density at radius 1 is 0.789 bits per heavy atom. The molecule has 3 aromatic rings. The molecule has 3 nitrogen and oxygen atoms in total. The van der Waals surface area contributed by atoms with E-state index in [2.05, 4.69) is 34.3 Å². The van der Waals surface area contributed by atoms with Crippen molar-refractivity contribution < 1.29 is 0 Å². The van der Waals surface area contributed by atoms with E-state index in [0.717, 1.165) is 11.4 Å². The Morgan fingerprint density at radius 3 is 1.84 bits per heavy atom. The highest BCUT2D eigenvalue weighted by Gasteiger charge is 2.08. The molecule has 0 saturated carbocycles. The highest BCUT2D eigenvalue weighted by molar-refractivity contribution is 5.62. The molecule has 0 spiro atoms. The molecule has 2 aromatic carbocycles. The molecule has 3 rings (SSSR count). The molecule has 94 valence electrons. The molecule has 0 fully saturated rings. The van der Waals surface area contributed by atoms with Crippen LogP contribution in [-0.2, 0) is 6.67 Å². The van der Waals surface area contributed by atoms with Crippen molar-refractivity contribution in [1.29, 1.82) is 0 Å². The third-order valence-corrected chi connectivity index (χ3v) is 2.98. The van der Waals surface area contributed by atoms with E-state index < -0.39 is 0 Å². The molecule has 0 radical (unpaired) electrons. The van der Waals surface area contributed by atoms with Gasteiger partial charge in [-0.1, -0.05) is 36.4 Å². The van der Waals surface area contributed by atoms with E-state index in [1.165, 1.54) is 0 Å². The van der Waals surface area contributed by atoms with Crippen LogP contribution < -0.4 is 4.90 Å². The van der Waals surface area contributed by atoms with Gasteiger partial charge in [-0.3, -0.25) is 4.68 Å². The summed E-state index contributed by atoms with van der Waals surface area (Å²) in [4.78, 5) is 2.23. The summed E-state index contributed by atoms with van der Waals surface area (Å²) in [7, 11) is 0. The van der Waals surface area contributed by atoms with Gasteiger partial charge in [0.05, 0.1) is 0 Å². The first kappa shape index (κ1) is 11.5. The van der Waals surface area contributed by atoms with Gasteiger partial charge < -0.3 is 4.90 Å². The Hall–Kier alpha value is -2.55. The minimum absolute atomic E-state index is 0.695. The molecule has 0 aliphatic carbocycles. The third kappa shape index (κ3) is 2.65. The molecular formula is C16H15N3. The number of nitrogens with zero attached hydrogens (tertiary/aromatic N) is 3. The lowest BCUT2D eigenvalue weighted by Gasteiger charge is -2.24. The van der Waals surface area contributed by atoms with E-state index in [-0.39, 0.29) is 0 Å². The number of hydrogen-bond donors (Lipinski definition) is 0. The Balaban J connectivity index is 1.96. The van der Waals surface area contributed by atoms with Crippen molar-refractivity contribution in [3.63, 3.8) is 0 Å². The van der Waals surface area contributed by atoms with Crippen molar-refractivity contribution in [3.05, 3.63) is 79.1 Å². The average molecular weight is 249 g/mol. The van der Waals surface area contributed by atoms with Gasteiger partial charge in [0.1, 0.15) is 6.67 Å². The summed E-state index contributed by atoms with van der Waals surface area (Å²) in [5, 5.41) is 4.28. The summed E-state index contributed by atoms with van der Waals surface area (Å²) in [6, 6.07) is 22.6. The summed E-state index contributed by atoms with van der Waals surface area (Å²) in [5.74, 6) is 0. The van der Waals surface area contributed by atoms with E-state index in [0.29, 0.717) is 6.67 Å². The number of benzene rings is 2. The van der Waals surface area contributed by atoms with Gasteiger partial charge in [-0.15, -0.1) is 0 Å². The van der Waals surface area contributed by atoms with Crippen molar-refractivity contribution in [2.45, 2.75) is 6.67 Å². The first-order chi connectivity index (χ1) is 9.43. The van der Waals surface area contributed by atoms with Gasteiger partial charge in [0.25, 0.3) is 0 Å². The maximum absolute atomic E-state index is 4.28. The van der Waals surface area contributed by atoms with Crippen molar-refractivity contribution in [2.75, 3.05) is 4.90 Å². The molecule has 1 aromatic heterocycles. The summed E-state index contributed by atoms with van der Waals surface area (Å²) in [6.07, 6.45) is 3.77. The highest BCUT2D eigenvalue weighted by atomic mass is 15.4. The Morgan fingerprint density at radius 2 is 1.37 bits per heavy atom. The number of para-hydroxylation sites is 2. The van der Waals surface area contributed by atoms with E-state index >= 15 is 0 Å². The second-order valence-corrected chi connectivity index (χ2v) is 4.29. The smallest absolute Gasteiger partial charge is 0.116 e. The summed E-state index contributed by atoms with van der Waals surface area (Å²) < 4.78 is 1.92. The van der Waals surface area contributed by atoms with Crippen molar-refractivity contribution in [3.8, 4) is 0 Å². The molecule has 19 heavy (non-hydrogen) atoms. The zero-order valence-electron chi connectivity index (χ0n) is 10.6. The van der Waals surface area contributed by atoms with Gasteiger partial charge in [0.15, 0.2) is 0 Å². The number of aromatic nitrogens is 2. The van der Waals surface area contributed by atoms with Gasteiger partial charge in [-0.2, -0.15) is 5.10 Å². The van der Waals surface area contributed by atoms with E-state index in [1.54, 1.807) is 6.20 Å². The molecule has 0 unspecified atom stereocenters. The molecule has 0 bridgehead atoms. The van der Waals surface area contributed by atoms with Crippen LogP contribution in [0.3, 0.4) is 0 Å². The maximum Gasteiger partial charge on any atom is 0.116 e. The number of anilines is 2. The number of hydrogen-bond acceptors (Lipinski definition) is 2. The van der Waals surface area contributed by atoms with Crippen LogP contribution in [0, 0.1) is 0 Å². The highest BCUT2D eigenvalue weighted by Crippen LogP contribution is 2.25. The van der Waals surface area contributed by atoms with Gasteiger partial charge in [-0.05, 0) is 30.3 Å². The Kier molecular flexibility index (Phi) is 3.28. The summed E-state index contributed by atoms with van der Waals surface area (Å²) >= 11 is 0. The van der Waals surface area contributed by atoms with Gasteiger partial charge in [0.2, 0.25) is 0 Å². The predicted molar refractivity (Wildman–Crippen MR) is 77.3 cm³/mol. The molecule has 0 atom stereocenters. The molecular weight excluding hydrogens is 234 g/mol. The molecule has 0 aliphatic rings. The number of rotatable bonds is 4. The standard InChI is InChI=1S/C16H15N3/c1-3-8-15(9-4-1)19(14-18-13-7-12-17-18)16-10-5-2-6-11-16/h1-13H,14H2. The van der Waals surface area contributed by atoms with Gasteiger partial charge >= 0.3 is 0 Å². The largest absolute Gasteiger partial charge is 0.321 e. The lowest BCUT2D eigenvalue weighted by molar-refractivity contribution is 0.623. The van der Waals surface area contributed by atoms with E-state index in [1.807, 2.05) is 53.3 Å². The van der Waals surface area contributed by atoms with Crippen LogP contribution in [0.5, 0.6) is 0 Å². The van der Waals surface area contributed by atoms with Crippen LogP contribution in [0.15, 0.2) is 79.1 Å². The van der Waals surface area contributed by atoms with Crippen LogP contribution in [-0.4, -0.2) is 9.78 Å². The SMILES string of the molecule is c1ccc(N(Cn2cccn2)c2ccccc2)cc1. The Bertz CT molecular complexity index is 564. The first-order valence-electron chi connectivity index (χ1n) is 6.28. The fraction of sp³-hybridized carbons (Fsp3) is 0.0625. The lowest BCUT2D eigenvalue weighted by atomic mass is 10.2. The maximum atomic E-state index is 4.28. The lowest BCUT2D eigenvalue weighted by Crippen LogP contribution is -2.21. The summed E-state index contributed by atoms with van der Waals surface area (Å²) in [6.45, 7) is 0.695. The molecule has 0 saturated heterocycles. The molecule has 1 heterocycles. The van der Waals surface area contributed by atoms with Crippen LogP contribution in [0.25, 0.3) is 0 Å². The van der Waals surface area contributed by atoms with Crippen LogP contribution in [0.2, 0.25) is 0 Å². The average Bonchev–Trinajstić information content (AvgIpc) is 3.00. The van der Waals surface area contributed by atoms with Gasteiger partial charge in [-0.25, -0.2) is 0 Å². The van der Waals surface area contributed by atoms with Crippen LogP contribution in [0.4, 0.5) is 11.4 Å². The zero-order chi connectivity index (χ0) is 12.9. The van der Waals surface area contributed by atoms with Crippen LogP contribution in [0.1, 0.15) is 0 Å². The molecule has 0 amide bonds. The topological polar surface area (TPSA) is 21.1 Å². The van der Waals surface area contributed by atoms with Crippen molar-refractivity contribution in [1.82, 2.24) is 9.78 Å². The van der Waals surface area contributed by atoms with E-state index in [9.17, 15) is 0 Å². The van der Waals surface area contributed by atoms with Crippen molar-refractivity contribution >= 4 is 11.4 Å². The first-order valence-corrected chi connectivity index (χ1v) is 6.28. The molecule has 3 heteroatoms. The van der Waals surface area contributed by atoms with Crippen LogP contribution >= 0.6 is 0 Å². The quantitative estimate of drug-likeness (QED) is 0.703. The monoisotopic (exact) mass is 249 g/mol. The third-order valence-electron chi connectivity index (χ3n) is 2.98. The molecule has 0 aliphatic heterocycles. The fourth-order valence-corrected chi connectivity index (χ4v) is 2.06. The normalized spacial score (nSPS) is 10.3.